The molecule has 1 aromatic heterocycles. The van der Waals surface area contributed by atoms with Gasteiger partial charge in [0.2, 0.25) is 0 Å². The molecule has 0 unspecified atom stereocenters. The molecule has 16 heavy (non-hydrogen) atoms. The van der Waals surface area contributed by atoms with Crippen LogP contribution in [-0.4, -0.2) is 42.4 Å². The van der Waals surface area contributed by atoms with Crippen molar-refractivity contribution in [2.24, 2.45) is 0 Å². The van der Waals surface area contributed by atoms with E-state index in [4.69, 9.17) is 4.74 Å². The minimum Gasteiger partial charge on any atom is -0.462 e. The lowest BCUT2D eigenvalue weighted by Crippen LogP contribution is -2.19. The molecule has 0 bridgehead atoms. The second kappa shape index (κ2) is 5.86. The lowest BCUT2D eigenvalue weighted by molar-refractivity contribution is -0.119. The molecule has 0 aliphatic rings. The van der Waals surface area contributed by atoms with Crippen LogP contribution in [-0.2, 0) is 14.3 Å². The van der Waals surface area contributed by atoms with E-state index in [0.717, 1.165) is 0 Å². The fourth-order valence-corrected chi connectivity index (χ4v) is 1.05. The first-order valence-corrected chi connectivity index (χ1v) is 4.68. The molecule has 1 aromatic rings. The third-order valence-electron chi connectivity index (χ3n) is 1.67. The van der Waals surface area contributed by atoms with Crippen molar-refractivity contribution in [3.8, 4) is 0 Å². The molecule has 0 fully saturated rings. The van der Waals surface area contributed by atoms with Crippen LogP contribution in [0.3, 0.4) is 0 Å². The van der Waals surface area contributed by atoms with Gasteiger partial charge in [-0.1, -0.05) is 0 Å². The van der Waals surface area contributed by atoms with Crippen molar-refractivity contribution in [2.45, 2.75) is 6.92 Å². The number of carbonyl (C=O) groups excluding carboxylic acids is 2. The first-order valence-electron chi connectivity index (χ1n) is 4.68. The average Bonchev–Trinajstić information content (AvgIpc) is 2.66. The topological polar surface area (TPSA) is 93.3 Å². The molecule has 0 saturated heterocycles. The maximum absolute atomic E-state index is 11.4. The van der Waals surface area contributed by atoms with Crippen molar-refractivity contribution < 1.29 is 19.1 Å². The van der Waals surface area contributed by atoms with E-state index in [0.29, 0.717) is 0 Å². The largest absolute Gasteiger partial charge is 0.462 e. The minimum absolute atomic E-state index is 0.0959. The van der Waals surface area contributed by atoms with Gasteiger partial charge in [0.15, 0.2) is 0 Å². The van der Waals surface area contributed by atoms with E-state index in [1.165, 1.54) is 13.3 Å². The van der Waals surface area contributed by atoms with Gasteiger partial charge < -0.3 is 14.8 Å². The third-order valence-corrected chi connectivity index (χ3v) is 1.67. The summed E-state index contributed by atoms with van der Waals surface area (Å²) in [7, 11) is 1.40. The maximum Gasteiger partial charge on any atom is 0.343 e. The van der Waals surface area contributed by atoms with E-state index >= 15 is 0 Å². The van der Waals surface area contributed by atoms with Gasteiger partial charge >= 0.3 is 5.97 Å². The molecule has 88 valence electrons. The standard InChI is InChI=1S/C9H13N3O4/c1-3-16-9(14)6-4-10-12-8(6)11-7(13)5-15-2/h4H,3,5H2,1-2H3,(H2,10,11,12,13). The van der Waals surface area contributed by atoms with Crippen molar-refractivity contribution in [3.63, 3.8) is 0 Å². The zero-order chi connectivity index (χ0) is 12.0. The van der Waals surface area contributed by atoms with E-state index in [1.807, 2.05) is 0 Å². The van der Waals surface area contributed by atoms with E-state index in [9.17, 15) is 9.59 Å². The van der Waals surface area contributed by atoms with E-state index in [1.54, 1.807) is 6.92 Å². The van der Waals surface area contributed by atoms with Gasteiger partial charge in [-0.2, -0.15) is 5.10 Å². The monoisotopic (exact) mass is 227 g/mol. The van der Waals surface area contributed by atoms with Crippen molar-refractivity contribution in [2.75, 3.05) is 25.6 Å². The molecule has 0 radical (unpaired) electrons. The smallest absolute Gasteiger partial charge is 0.343 e. The van der Waals surface area contributed by atoms with Crippen LogP contribution in [0.15, 0.2) is 6.20 Å². The van der Waals surface area contributed by atoms with Crippen LogP contribution in [0.25, 0.3) is 0 Å². The van der Waals surface area contributed by atoms with Gasteiger partial charge in [0.1, 0.15) is 18.0 Å². The minimum atomic E-state index is -0.538. The van der Waals surface area contributed by atoms with Crippen LogP contribution < -0.4 is 5.32 Å². The summed E-state index contributed by atoms with van der Waals surface area (Å²) in [4.78, 5) is 22.6. The molecular weight excluding hydrogens is 214 g/mol. The molecule has 0 aliphatic carbocycles. The fourth-order valence-electron chi connectivity index (χ4n) is 1.05. The predicted octanol–water partition coefficient (Wildman–Crippen LogP) is 0.171. The van der Waals surface area contributed by atoms with E-state index in [-0.39, 0.29) is 30.5 Å². The highest BCUT2D eigenvalue weighted by Crippen LogP contribution is 2.12. The van der Waals surface area contributed by atoms with E-state index < -0.39 is 5.97 Å². The Labute approximate surface area is 92.1 Å². The van der Waals surface area contributed by atoms with Gasteiger partial charge in [-0.25, -0.2) is 4.79 Å². The van der Waals surface area contributed by atoms with Crippen molar-refractivity contribution in [1.29, 1.82) is 0 Å². The number of aromatic amines is 1. The van der Waals surface area contributed by atoms with E-state index in [2.05, 4.69) is 20.3 Å². The Balaban J connectivity index is 2.70. The van der Waals surface area contributed by atoms with Gasteiger partial charge in [-0.05, 0) is 6.92 Å². The maximum atomic E-state index is 11.4. The van der Waals surface area contributed by atoms with Crippen molar-refractivity contribution >= 4 is 17.7 Å². The van der Waals surface area contributed by atoms with Gasteiger partial charge in [0.05, 0.1) is 12.8 Å². The number of carbonyl (C=O) groups is 2. The number of aromatic nitrogens is 2. The number of rotatable bonds is 5. The average molecular weight is 227 g/mol. The van der Waals surface area contributed by atoms with Crippen molar-refractivity contribution in [3.05, 3.63) is 11.8 Å². The van der Waals surface area contributed by atoms with Crippen LogP contribution in [0.2, 0.25) is 0 Å². The molecule has 2 N–H and O–H groups in total. The zero-order valence-electron chi connectivity index (χ0n) is 9.07. The van der Waals surface area contributed by atoms with Crippen LogP contribution in [0.1, 0.15) is 17.3 Å². The Morgan fingerprint density at radius 1 is 1.56 bits per heavy atom. The number of H-pyrrole nitrogens is 1. The Hall–Kier alpha value is -1.89. The molecule has 0 atom stereocenters. The summed E-state index contributed by atoms with van der Waals surface area (Å²) in [6, 6.07) is 0. The summed E-state index contributed by atoms with van der Waals surface area (Å²) in [6.45, 7) is 1.86. The second-order valence-corrected chi connectivity index (χ2v) is 2.86. The first-order chi connectivity index (χ1) is 7.69. The predicted molar refractivity (Wildman–Crippen MR) is 55.0 cm³/mol. The summed E-state index contributed by atoms with van der Waals surface area (Å²) in [5.74, 6) is -0.707. The molecule has 1 amide bonds. The fraction of sp³-hybridized carbons (Fsp3) is 0.444. The summed E-state index contributed by atoms with van der Waals surface area (Å²) in [6.07, 6.45) is 1.29. The van der Waals surface area contributed by atoms with Gasteiger partial charge in [0, 0.05) is 7.11 Å². The van der Waals surface area contributed by atoms with Crippen LogP contribution in [0.4, 0.5) is 5.82 Å². The molecule has 1 heterocycles. The molecule has 0 aliphatic heterocycles. The highest BCUT2D eigenvalue weighted by molar-refractivity contribution is 6.00. The highest BCUT2D eigenvalue weighted by atomic mass is 16.5. The summed E-state index contributed by atoms with van der Waals surface area (Å²) >= 11 is 0. The third kappa shape index (κ3) is 3.06. The number of ether oxygens (including phenoxy) is 2. The number of esters is 1. The molecule has 0 spiro atoms. The lowest BCUT2D eigenvalue weighted by atomic mass is 10.3. The van der Waals surface area contributed by atoms with Crippen LogP contribution in [0, 0.1) is 0 Å². The molecule has 0 aromatic carbocycles. The number of nitrogens with one attached hydrogen (secondary N) is 2. The lowest BCUT2D eigenvalue weighted by Gasteiger charge is -2.04. The molecule has 7 heteroatoms. The summed E-state index contributed by atoms with van der Waals surface area (Å²) < 4.78 is 9.42. The first kappa shape index (κ1) is 12.2. The summed E-state index contributed by atoms with van der Waals surface area (Å²) in [5, 5.41) is 8.60. The number of hydrogen-bond donors (Lipinski definition) is 2. The Morgan fingerprint density at radius 3 is 2.94 bits per heavy atom. The Kier molecular flexibility index (Phi) is 4.46. The van der Waals surface area contributed by atoms with Gasteiger partial charge in [-0.15, -0.1) is 0 Å². The molecule has 0 saturated carbocycles. The molecule has 1 rings (SSSR count). The molecular formula is C9H13N3O4. The van der Waals surface area contributed by atoms with Crippen LogP contribution >= 0.6 is 0 Å². The van der Waals surface area contributed by atoms with Gasteiger partial charge in [0.25, 0.3) is 5.91 Å². The normalized spacial score (nSPS) is 9.88. The zero-order valence-corrected chi connectivity index (χ0v) is 9.07. The highest BCUT2D eigenvalue weighted by Gasteiger charge is 2.16. The van der Waals surface area contributed by atoms with Gasteiger partial charge in [-0.3, -0.25) is 9.89 Å². The summed E-state index contributed by atoms with van der Waals surface area (Å²) in [5.41, 5.74) is 0.186. The van der Waals surface area contributed by atoms with Crippen LogP contribution in [0.5, 0.6) is 0 Å². The number of methoxy groups -OCH3 is 1. The number of nitrogens with zero attached hydrogens (tertiary/aromatic N) is 1. The Morgan fingerprint density at radius 2 is 2.31 bits per heavy atom. The Bertz CT molecular complexity index is 375. The molecule has 7 nitrogen and oxygen atoms in total. The number of anilines is 1. The number of amides is 1. The number of hydrogen-bond acceptors (Lipinski definition) is 5. The second-order valence-electron chi connectivity index (χ2n) is 2.86. The SMILES string of the molecule is CCOC(=O)c1cn[nH]c1NC(=O)COC. The van der Waals surface area contributed by atoms with Crippen molar-refractivity contribution in [1.82, 2.24) is 10.2 Å². The quantitative estimate of drug-likeness (QED) is 0.699.